The number of nitrogens with two attached hydrogens (primary N) is 1. The van der Waals surface area contributed by atoms with Crippen molar-refractivity contribution in [2.45, 2.75) is 11.8 Å². The number of rotatable bonds is 6. The Kier molecular flexibility index (Phi) is 6.61. The minimum atomic E-state index is -3.75. The fourth-order valence-corrected chi connectivity index (χ4v) is 6.26. The molecule has 0 aliphatic carbocycles. The Morgan fingerprint density at radius 1 is 1.06 bits per heavy atom. The van der Waals surface area contributed by atoms with Gasteiger partial charge >= 0.3 is 0 Å². The van der Waals surface area contributed by atoms with E-state index in [2.05, 4.69) is 5.32 Å². The van der Waals surface area contributed by atoms with E-state index in [0.29, 0.717) is 23.8 Å². The van der Waals surface area contributed by atoms with Crippen LogP contribution in [0.3, 0.4) is 0 Å². The summed E-state index contributed by atoms with van der Waals surface area (Å²) in [7, 11) is -3.75. The molecule has 0 atom stereocenters. The molecule has 0 spiro atoms. The molecule has 2 heterocycles. The highest BCUT2D eigenvalue weighted by Gasteiger charge is 2.27. The average molecular weight is 486 g/mol. The van der Waals surface area contributed by atoms with Crippen LogP contribution in [0.15, 0.2) is 59.5 Å². The van der Waals surface area contributed by atoms with Crippen LogP contribution in [-0.2, 0) is 14.8 Å². The molecule has 1 saturated heterocycles. The van der Waals surface area contributed by atoms with Crippen molar-refractivity contribution in [2.24, 2.45) is 5.73 Å². The van der Waals surface area contributed by atoms with Crippen molar-refractivity contribution in [2.75, 3.05) is 31.6 Å². The summed E-state index contributed by atoms with van der Waals surface area (Å²) in [6.45, 7) is 3.03. The van der Waals surface area contributed by atoms with Gasteiger partial charge in [0.2, 0.25) is 10.0 Å². The lowest BCUT2D eigenvalue weighted by atomic mass is 10.0. The first-order valence-corrected chi connectivity index (χ1v) is 12.5. The first-order valence-electron chi connectivity index (χ1n) is 10.3. The van der Waals surface area contributed by atoms with Gasteiger partial charge in [-0.2, -0.15) is 4.31 Å². The lowest BCUT2D eigenvalue weighted by molar-refractivity contribution is 0.0730. The van der Waals surface area contributed by atoms with E-state index in [9.17, 15) is 18.0 Å². The summed E-state index contributed by atoms with van der Waals surface area (Å²) in [4.78, 5) is 26.2. The van der Waals surface area contributed by atoms with Crippen LogP contribution >= 0.6 is 11.3 Å². The third-order valence-electron chi connectivity index (χ3n) is 5.32. The smallest absolute Gasteiger partial charge is 0.256 e. The highest BCUT2D eigenvalue weighted by molar-refractivity contribution is 7.89. The summed E-state index contributed by atoms with van der Waals surface area (Å²) >= 11 is 1.25. The van der Waals surface area contributed by atoms with Crippen LogP contribution in [-0.4, -0.2) is 50.8 Å². The Balaban J connectivity index is 1.65. The number of carbonyl (C=O) groups excluding carboxylic acids is 2. The number of carbonyl (C=O) groups is 2. The van der Waals surface area contributed by atoms with Crippen molar-refractivity contribution in [3.05, 3.63) is 70.6 Å². The Bertz CT molecular complexity index is 1300. The Morgan fingerprint density at radius 2 is 1.76 bits per heavy atom. The molecule has 2 amide bonds. The molecule has 0 radical (unpaired) electrons. The quantitative estimate of drug-likeness (QED) is 0.556. The van der Waals surface area contributed by atoms with Gasteiger partial charge < -0.3 is 15.8 Å². The van der Waals surface area contributed by atoms with Crippen molar-refractivity contribution in [1.82, 2.24) is 4.31 Å². The molecule has 1 aromatic heterocycles. The summed E-state index contributed by atoms with van der Waals surface area (Å²) in [5.74, 6) is -1.19. The standard InChI is InChI=1S/C23H23N3O5S2/c1-15-19(16-6-3-2-4-7-16)20(21(24)27)23(32-15)25-22(28)17-8-5-9-18(14-17)33(29,30)26-10-12-31-13-11-26/h2-9,14H,10-13H2,1H3,(H2,24,27)(H,25,28). The normalized spacial score (nSPS) is 14.7. The van der Waals surface area contributed by atoms with Gasteiger partial charge in [-0.3, -0.25) is 9.59 Å². The second-order valence-corrected chi connectivity index (χ2v) is 10.6. The summed E-state index contributed by atoms with van der Waals surface area (Å²) in [5.41, 5.74) is 7.55. The molecule has 0 bridgehead atoms. The van der Waals surface area contributed by atoms with Crippen molar-refractivity contribution in [1.29, 1.82) is 0 Å². The number of amides is 2. The number of primary amides is 1. The predicted octanol–water partition coefficient (Wildman–Crippen LogP) is 3.10. The monoisotopic (exact) mass is 485 g/mol. The van der Waals surface area contributed by atoms with Gasteiger partial charge in [-0.1, -0.05) is 36.4 Å². The van der Waals surface area contributed by atoms with Gasteiger partial charge in [0, 0.05) is 29.1 Å². The molecule has 172 valence electrons. The summed E-state index contributed by atoms with van der Waals surface area (Å²) in [6.07, 6.45) is 0. The zero-order chi connectivity index (χ0) is 23.6. The number of hydrogen-bond acceptors (Lipinski definition) is 6. The van der Waals surface area contributed by atoms with E-state index in [0.717, 1.165) is 10.4 Å². The first-order chi connectivity index (χ1) is 15.8. The third kappa shape index (κ3) is 4.69. The molecule has 0 unspecified atom stereocenters. The van der Waals surface area contributed by atoms with E-state index in [4.69, 9.17) is 10.5 Å². The number of aryl methyl sites for hydroxylation is 1. The number of morpholine rings is 1. The highest BCUT2D eigenvalue weighted by atomic mass is 32.2. The SMILES string of the molecule is Cc1sc(NC(=O)c2cccc(S(=O)(=O)N3CCOCC3)c2)c(C(N)=O)c1-c1ccccc1. The van der Waals surface area contributed by atoms with E-state index in [1.54, 1.807) is 0 Å². The fraction of sp³-hybridized carbons (Fsp3) is 0.217. The molecule has 10 heteroatoms. The molecular weight excluding hydrogens is 462 g/mol. The van der Waals surface area contributed by atoms with E-state index >= 15 is 0 Å². The van der Waals surface area contributed by atoms with E-state index in [1.807, 2.05) is 37.3 Å². The van der Waals surface area contributed by atoms with Gasteiger partial charge in [0.1, 0.15) is 5.00 Å². The van der Waals surface area contributed by atoms with Crippen molar-refractivity contribution in [3.63, 3.8) is 0 Å². The number of thiophene rings is 1. The van der Waals surface area contributed by atoms with Crippen LogP contribution in [0, 0.1) is 6.92 Å². The van der Waals surface area contributed by atoms with Crippen molar-refractivity contribution < 1.29 is 22.7 Å². The van der Waals surface area contributed by atoms with Gasteiger partial charge in [0.05, 0.1) is 23.7 Å². The number of benzene rings is 2. The van der Waals surface area contributed by atoms with Crippen LogP contribution in [0.4, 0.5) is 5.00 Å². The number of nitrogens with one attached hydrogen (secondary N) is 1. The molecular formula is C23H23N3O5S2. The average Bonchev–Trinajstić information content (AvgIpc) is 3.16. The Morgan fingerprint density at radius 3 is 2.42 bits per heavy atom. The maximum absolute atomic E-state index is 13.0. The first kappa shape index (κ1) is 23.1. The number of anilines is 1. The molecule has 1 aliphatic rings. The molecule has 3 aromatic rings. The molecule has 33 heavy (non-hydrogen) atoms. The molecule has 0 saturated carbocycles. The Labute approximate surface area is 196 Å². The van der Waals surface area contributed by atoms with Crippen LogP contribution in [0.25, 0.3) is 11.1 Å². The van der Waals surface area contributed by atoms with Gasteiger partial charge in [-0.05, 0) is 30.7 Å². The predicted molar refractivity (Wildman–Crippen MR) is 127 cm³/mol. The maximum Gasteiger partial charge on any atom is 0.256 e. The second kappa shape index (κ2) is 9.44. The minimum absolute atomic E-state index is 0.0273. The number of nitrogens with zero attached hydrogens (tertiary/aromatic N) is 1. The fourth-order valence-electron chi connectivity index (χ4n) is 3.73. The van der Waals surface area contributed by atoms with Crippen molar-refractivity contribution in [3.8, 4) is 11.1 Å². The maximum atomic E-state index is 13.0. The van der Waals surface area contributed by atoms with Crippen LogP contribution < -0.4 is 11.1 Å². The van der Waals surface area contributed by atoms with E-state index in [-0.39, 0.29) is 29.1 Å². The Hall–Kier alpha value is -3.05. The third-order valence-corrected chi connectivity index (χ3v) is 8.24. The summed E-state index contributed by atoms with van der Waals surface area (Å²) in [5, 5.41) is 3.07. The lowest BCUT2D eigenvalue weighted by Crippen LogP contribution is -2.40. The molecule has 1 fully saturated rings. The highest BCUT2D eigenvalue weighted by Crippen LogP contribution is 2.39. The van der Waals surface area contributed by atoms with Crippen LogP contribution in [0.5, 0.6) is 0 Å². The van der Waals surface area contributed by atoms with Gasteiger partial charge in [0.25, 0.3) is 11.8 Å². The summed E-state index contributed by atoms with van der Waals surface area (Å²) in [6, 6.07) is 15.2. The number of hydrogen-bond donors (Lipinski definition) is 2. The molecule has 4 rings (SSSR count). The second-order valence-electron chi connectivity index (χ2n) is 7.47. The zero-order valence-corrected chi connectivity index (χ0v) is 19.5. The molecule has 3 N–H and O–H groups in total. The molecule has 1 aliphatic heterocycles. The van der Waals surface area contributed by atoms with Gasteiger partial charge in [0.15, 0.2) is 0 Å². The van der Waals surface area contributed by atoms with Gasteiger partial charge in [-0.15, -0.1) is 11.3 Å². The van der Waals surface area contributed by atoms with Gasteiger partial charge in [-0.25, -0.2) is 8.42 Å². The number of ether oxygens (including phenoxy) is 1. The molecule has 8 nitrogen and oxygen atoms in total. The lowest BCUT2D eigenvalue weighted by Gasteiger charge is -2.26. The number of sulfonamides is 1. The van der Waals surface area contributed by atoms with Crippen LogP contribution in [0.2, 0.25) is 0 Å². The largest absolute Gasteiger partial charge is 0.379 e. The van der Waals surface area contributed by atoms with E-state index in [1.165, 1.54) is 39.9 Å². The van der Waals surface area contributed by atoms with Crippen molar-refractivity contribution >= 4 is 38.2 Å². The zero-order valence-electron chi connectivity index (χ0n) is 17.9. The van der Waals surface area contributed by atoms with E-state index < -0.39 is 21.8 Å². The topological polar surface area (TPSA) is 119 Å². The molecule has 2 aromatic carbocycles. The minimum Gasteiger partial charge on any atom is -0.379 e. The van der Waals surface area contributed by atoms with Crippen LogP contribution in [0.1, 0.15) is 25.6 Å². The summed E-state index contributed by atoms with van der Waals surface area (Å²) < 4.78 is 32.5.